The van der Waals surface area contributed by atoms with Crippen LogP contribution in [0, 0.1) is 10.1 Å². The Labute approximate surface area is 170 Å². The van der Waals surface area contributed by atoms with Crippen LogP contribution < -0.4 is 10.2 Å². The number of nitro benzene ring substituents is 1. The summed E-state index contributed by atoms with van der Waals surface area (Å²) in [5.41, 5.74) is 5.69. The number of aromatic nitrogens is 1. The van der Waals surface area contributed by atoms with Gasteiger partial charge in [-0.1, -0.05) is 35.6 Å². The number of para-hydroxylation sites is 1. The van der Waals surface area contributed by atoms with Gasteiger partial charge in [0.25, 0.3) is 5.69 Å². The molecule has 29 heavy (non-hydrogen) atoms. The Morgan fingerprint density at radius 3 is 2.72 bits per heavy atom. The molecule has 0 fully saturated rings. The summed E-state index contributed by atoms with van der Waals surface area (Å²) in [7, 11) is 0. The Hall–Kier alpha value is -3.78. The number of hydrogen-bond donors (Lipinski definition) is 1. The molecule has 4 rings (SSSR count). The average Bonchev–Trinajstić information content (AvgIpc) is 3.16. The van der Waals surface area contributed by atoms with Crippen LogP contribution in [0.4, 0.5) is 10.8 Å². The lowest BCUT2D eigenvalue weighted by atomic mass is 10.2. The lowest BCUT2D eigenvalue weighted by Gasteiger charge is -2.06. The lowest BCUT2D eigenvalue weighted by molar-refractivity contribution is -0.384. The third-order valence-electron chi connectivity index (χ3n) is 4.08. The van der Waals surface area contributed by atoms with E-state index in [9.17, 15) is 10.1 Å². The smallest absolute Gasteiger partial charge is 0.269 e. The molecule has 0 radical (unpaired) electrons. The summed E-state index contributed by atoms with van der Waals surface area (Å²) in [5.74, 6) is 0.687. The molecule has 0 aliphatic heterocycles. The summed E-state index contributed by atoms with van der Waals surface area (Å²) < 4.78 is 6.88. The van der Waals surface area contributed by atoms with E-state index in [0.29, 0.717) is 12.4 Å². The van der Waals surface area contributed by atoms with Crippen molar-refractivity contribution in [3.05, 3.63) is 94.0 Å². The number of ether oxygens (including phenoxy) is 1. The first kappa shape index (κ1) is 18.6. The maximum absolute atomic E-state index is 10.7. The van der Waals surface area contributed by atoms with Gasteiger partial charge in [0, 0.05) is 12.1 Å². The molecular formula is C21H16N4O3S. The van der Waals surface area contributed by atoms with Crippen LogP contribution in [0.25, 0.3) is 10.2 Å². The highest BCUT2D eigenvalue weighted by atomic mass is 32.1. The fraction of sp³-hybridized carbons (Fsp3) is 0.0476. The van der Waals surface area contributed by atoms with Crippen LogP contribution in [0.15, 0.2) is 77.9 Å². The molecular weight excluding hydrogens is 388 g/mol. The van der Waals surface area contributed by atoms with Gasteiger partial charge in [0.2, 0.25) is 5.13 Å². The summed E-state index contributed by atoms with van der Waals surface area (Å²) in [6.07, 6.45) is 1.70. The molecule has 0 saturated heterocycles. The van der Waals surface area contributed by atoms with Crippen LogP contribution in [-0.2, 0) is 6.61 Å². The van der Waals surface area contributed by atoms with Crippen molar-refractivity contribution >= 4 is 38.6 Å². The van der Waals surface area contributed by atoms with E-state index < -0.39 is 4.92 Å². The van der Waals surface area contributed by atoms with Crippen molar-refractivity contribution in [1.29, 1.82) is 0 Å². The number of fused-ring (bicyclic) bond motifs is 1. The standard InChI is InChI=1S/C21H16N4O3S/c26-25(27)17-10-8-15(9-11-17)14-28-18-5-3-4-16(12-18)13-22-24-21-23-19-6-1-2-7-20(19)29-21/h1-13H,14H2,(H,23,24). The van der Waals surface area contributed by atoms with E-state index in [1.54, 1.807) is 29.7 Å². The van der Waals surface area contributed by atoms with Gasteiger partial charge < -0.3 is 4.74 Å². The number of nitrogens with zero attached hydrogens (tertiary/aromatic N) is 3. The number of hydrogen-bond acceptors (Lipinski definition) is 7. The van der Waals surface area contributed by atoms with E-state index >= 15 is 0 Å². The van der Waals surface area contributed by atoms with Crippen LogP contribution in [0.3, 0.4) is 0 Å². The fourth-order valence-electron chi connectivity index (χ4n) is 2.65. The van der Waals surface area contributed by atoms with Crippen LogP contribution in [-0.4, -0.2) is 16.1 Å². The molecule has 1 N–H and O–H groups in total. The molecule has 7 nitrogen and oxygen atoms in total. The summed E-state index contributed by atoms with van der Waals surface area (Å²) >= 11 is 1.54. The molecule has 0 spiro atoms. The van der Waals surface area contributed by atoms with Gasteiger partial charge in [-0.25, -0.2) is 4.98 Å². The Bertz CT molecular complexity index is 1140. The van der Waals surface area contributed by atoms with Gasteiger partial charge in [0.1, 0.15) is 12.4 Å². The first-order chi connectivity index (χ1) is 14.2. The van der Waals surface area contributed by atoms with Crippen LogP contribution in [0.2, 0.25) is 0 Å². The molecule has 3 aromatic carbocycles. The fourth-order valence-corrected chi connectivity index (χ4v) is 3.46. The second-order valence-electron chi connectivity index (χ2n) is 6.14. The third kappa shape index (κ3) is 4.74. The van der Waals surface area contributed by atoms with E-state index in [-0.39, 0.29) is 5.69 Å². The Kier molecular flexibility index (Phi) is 5.44. The van der Waals surface area contributed by atoms with Gasteiger partial charge in [-0.15, -0.1) is 0 Å². The maximum atomic E-state index is 10.7. The van der Waals surface area contributed by atoms with Crippen molar-refractivity contribution in [1.82, 2.24) is 4.98 Å². The van der Waals surface area contributed by atoms with E-state index in [1.807, 2.05) is 48.5 Å². The molecule has 0 atom stereocenters. The molecule has 1 aromatic heterocycles. The largest absolute Gasteiger partial charge is 0.489 e. The number of thiazole rings is 1. The first-order valence-electron chi connectivity index (χ1n) is 8.78. The molecule has 0 saturated carbocycles. The zero-order valence-electron chi connectivity index (χ0n) is 15.2. The topological polar surface area (TPSA) is 89.7 Å². The monoisotopic (exact) mass is 404 g/mol. The summed E-state index contributed by atoms with van der Waals surface area (Å²) in [5, 5.41) is 15.7. The highest BCUT2D eigenvalue weighted by molar-refractivity contribution is 7.22. The van der Waals surface area contributed by atoms with Crippen molar-refractivity contribution in [3.63, 3.8) is 0 Å². The van der Waals surface area contributed by atoms with E-state index in [2.05, 4.69) is 15.5 Å². The zero-order chi connectivity index (χ0) is 20.1. The molecule has 0 amide bonds. The molecule has 1 heterocycles. The van der Waals surface area contributed by atoms with Gasteiger partial charge >= 0.3 is 0 Å². The first-order valence-corrected chi connectivity index (χ1v) is 9.60. The number of hydrazone groups is 1. The Morgan fingerprint density at radius 2 is 1.93 bits per heavy atom. The van der Waals surface area contributed by atoms with Gasteiger partial charge in [-0.05, 0) is 47.5 Å². The van der Waals surface area contributed by atoms with Crippen molar-refractivity contribution in [2.75, 3.05) is 5.43 Å². The predicted molar refractivity (Wildman–Crippen MR) is 115 cm³/mol. The second-order valence-corrected chi connectivity index (χ2v) is 7.17. The van der Waals surface area contributed by atoms with Gasteiger partial charge in [-0.2, -0.15) is 5.10 Å². The number of non-ortho nitro benzene ring substituents is 1. The van der Waals surface area contributed by atoms with Crippen molar-refractivity contribution in [2.24, 2.45) is 5.10 Å². The van der Waals surface area contributed by atoms with Gasteiger partial charge in [-0.3, -0.25) is 15.5 Å². The molecule has 0 aliphatic carbocycles. The minimum atomic E-state index is -0.421. The number of nitro groups is 1. The quantitative estimate of drug-likeness (QED) is 0.259. The molecule has 0 aliphatic rings. The summed E-state index contributed by atoms with van der Waals surface area (Å²) in [6.45, 7) is 0.322. The highest BCUT2D eigenvalue weighted by Gasteiger charge is 2.05. The molecule has 0 bridgehead atoms. The summed E-state index contributed by atoms with van der Waals surface area (Å²) in [6, 6.07) is 21.7. The molecule has 144 valence electrons. The highest BCUT2D eigenvalue weighted by Crippen LogP contribution is 2.25. The van der Waals surface area contributed by atoms with Crippen LogP contribution >= 0.6 is 11.3 Å². The zero-order valence-corrected chi connectivity index (χ0v) is 16.0. The van der Waals surface area contributed by atoms with Crippen molar-refractivity contribution < 1.29 is 9.66 Å². The lowest BCUT2D eigenvalue weighted by Crippen LogP contribution is -1.97. The van der Waals surface area contributed by atoms with E-state index in [1.165, 1.54) is 12.1 Å². The number of nitrogens with one attached hydrogen (secondary N) is 1. The number of benzene rings is 3. The van der Waals surface area contributed by atoms with Crippen molar-refractivity contribution in [2.45, 2.75) is 6.61 Å². The molecule has 0 unspecified atom stereocenters. The number of rotatable bonds is 7. The van der Waals surface area contributed by atoms with Gasteiger partial charge in [0.15, 0.2) is 0 Å². The van der Waals surface area contributed by atoms with Crippen molar-refractivity contribution in [3.8, 4) is 5.75 Å². The molecule has 4 aromatic rings. The van der Waals surface area contributed by atoms with E-state index in [4.69, 9.17) is 4.74 Å². The average molecular weight is 404 g/mol. The third-order valence-corrected chi connectivity index (χ3v) is 5.02. The number of anilines is 1. The summed E-state index contributed by atoms with van der Waals surface area (Å²) in [4.78, 5) is 14.8. The Morgan fingerprint density at radius 1 is 1.10 bits per heavy atom. The van der Waals surface area contributed by atoms with E-state index in [0.717, 1.165) is 26.5 Å². The van der Waals surface area contributed by atoms with Gasteiger partial charge in [0.05, 0.1) is 21.4 Å². The Balaban J connectivity index is 1.36. The predicted octanol–water partition coefficient (Wildman–Crippen LogP) is 5.23. The van der Waals surface area contributed by atoms with Crippen LogP contribution in [0.5, 0.6) is 5.75 Å². The minimum Gasteiger partial charge on any atom is -0.489 e. The SMILES string of the molecule is O=[N+]([O-])c1ccc(COc2cccc(C=NNc3nc4ccccc4s3)c2)cc1. The maximum Gasteiger partial charge on any atom is 0.269 e. The van der Waals surface area contributed by atoms with Crippen LogP contribution in [0.1, 0.15) is 11.1 Å². The second kappa shape index (κ2) is 8.49. The minimum absolute atomic E-state index is 0.0626. The molecule has 8 heteroatoms. The normalized spacial score (nSPS) is 11.0.